The Kier molecular flexibility index (Phi) is 9.01. The normalized spacial score (nSPS) is 11.6. The smallest absolute Gasteiger partial charge is 0.241 e. The van der Waals surface area contributed by atoms with E-state index in [1.165, 1.54) is 0 Å². The average molecular weight is 419 g/mol. The molecular weight excluding hydrogens is 388 g/mol. The summed E-state index contributed by atoms with van der Waals surface area (Å²) in [5, 5.41) is 6.46. The molecule has 0 bridgehead atoms. The first-order valence-electron chi connectivity index (χ1n) is 10.8. The van der Waals surface area contributed by atoms with Crippen LogP contribution in [0.3, 0.4) is 0 Å². The molecular formula is C25H30N4O2. The first-order valence-corrected chi connectivity index (χ1v) is 10.8. The van der Waals surface area contributed by atoms with Crippen LogP contribution >= 0.6 is 0 Å². The predicted octanol–water partition coefficient (Wildman–Crippen LogP) is 3.50. The molecule has 0 aliphatic rings. The Bertz CT molecular complexity index is 902. The Morgan fingerprint density at radius 2 is 1.58 bits per heavy atom. The van der Waals surface area contributed by atoms with E-state index in [0.717, 1.165) is 41.7 Å². The second-order valence-corrected chi connectivity index (χ2v) is 7.32. The highest BCUT2D eigenvalue weighted by atomic mass is 16.5. The Morgan fingerprint density at radius 1 is 0.935 bits per heavy atom. The number of carbonyl (C=O) groups is 1. The molecule has 0 spiro atoms. The standard InChI is InChI=1S/C25H30N4O2/c1-2-17-31-23-9-7-22(8-10-23)24(28-15-11-20-5-3-13-26-18-20)25(30)29-16-12-21-6-4-14-27-19-21/h3-10,13-14,18-19,24,28H,2,11-12,15-17H2,1H3,(H,29,30). The van der Waals surface area contributed by atoms with Gasteiger partial charge in [-0.2, -0.15) is 0 Å². The van der Waals surface area contributed by atoms with Crippen LogP contribution in [-0.2, 0) is 17.6 Å². The van der Waals surface area contributed by atoms with Gasteiger partial charge in [-0.25, -0.2) is 0 Å². The zero-order chi connectivity index (χ0) is 21.7. The fourth-order valence-corrected chi connectivity index (χ4v) is 3.22. The number of hydrogen-bond acceptors (Lipinski definition) is 5. The maximum atomic E-state index is 13.0. The van der Waals surface area contributed by atoms with E-state index in [2.05, 4.69) is 27.5 Å². The van der Waals surface area contributed by atoms with Gasteiger partial charge in [0.05, 0.1) is 6.61 Å². The van der Waals surface area contributed by atoms with E-state index in [-0.39, 0.29) is 5.91 Å². The number of nitrogens with zero attached hydrogens (tertiary/aromatic N) is 2. The molecule has 0 saturated heterocycles. The summed E-state index contributed by atoms with van der Waals surface area (Å²) < 4.78 is 5.67. The minimum atomic E-state index is -0.439. The summed E-state index contributed by atoms with van der Waals surface area (Å²) in [6.45, 7) is 3.98. The molecule has 2 heterocycles. The second kappa shape index (κ2) is 12.4. The molecule has 1 aromatic carbocycles. The third-order valence-electron chi connectivity index (χ3n) is 4.87. The highest BCUT2D eigenvalue weighted by molar-refractivity contribution is 5.83. The Hall–Kier alpha value is -3.25. The summed E-state index contributed by atoms with van der Waals surface area (Å²) in [5.41, 5.74) is 3.14. The van der Waals surface area contributed by atoms with E-state index >= 15 is 0 Å². The molecule has 1 atom stereocenters. The van der Waals surface area contributed by atoms with Crippen molar-refractivity contribution in [3.8, 4) is 5.75 Å². The summed E-state index contributed by atoms with van der Waals surface area (Å²) in [6, 6.07) is 15.2. The maximum absolute atomic E-state index is 13.0. The van der Waals surface area contributed by atoms with Gasteiger partial charge in [0.2, 0.25) is 5.91 Å². The maximum Gasteiger partial charge on any atom is 0.241 e. The van der Waals surface area contributed by atoms with Crippen molar-refractivity contribution < 1.29 is 9.53 Å². The van der Waals surface area contributed by atoms with Gasteiger partial charge in [-0.1, -0.05) is 31.2 Å². The van der Waals surface area contributed by atoms with Gasteiger partial charge in [0.25, 0.3) is 0 Å². The van der Waals surface area contributed by atoms with E-state index in [1.807, 2.05) is 60.9 Å². The largest absolute Gasteiger partial charge is 0.494 e. The quantitative estimate of drug-likeness (QED) is 0.471. The van der Waals surface area contributed by atoms with Crippen LogP contribution in [0.2, 0.25) is 0 Å². The molecule has 2 aromatic heterocycles. The number of nitrogens with one attached hydrogen (secondary N) is 2. The molecule has 6 nitrogen and oxygen atoms in total. The Labute approximate surface area is 184 Å². The fourth-order valence-electron chi connectivity index (χ4n) is 3.22. The highest BCUT2D eigenvalue weighted by Crippen LogP contribution is 2.19. The van der Waals surface area contributed by atoms with Crippen molar-refractivity contribution in [2.45, 2.75) is 32.2 Å². The summed E-state index contributed by atoms with van der Waals surface area (Å²) in [6.07, 6.45) is 9.68. The van der Waals surface area contributed by atoms with Gasteiger partial charge in [-0.3, -0.25) is 14.8 Å². The summed E-state index contributed by atoms with van der Waals surface area (Å²) >= 11 is 0. The Balaban J connectivity index is 1.61. The zero-order valence-corrected chi connectivity index (χ0v) is 18.0. The lowest BCUT2D eigenvalue weighted by Crippen LogP contribution is -2.39. The average Bonchev–Trinajstić information content (AvgIpc) is 2.82. The molecule has 6 heteroatoms. The number of pyridine rings is 2. The molecule has 0 fully saturated rings. The van der Waals surface area contributed by atoms with E-state index in [0.29, 0.717) is 19.7 Å². The lowest BCUT2D eigenvalue weighted by molar-refractivity contribution is -0.123. The van der Waals surface area contributed by atoms with Crippen LogP contribution in [0.1, 0.15) is 36.1 Å². The summed E-state index contributed by atoms with van der Waals surface area (Å²) in [4.78, 5) is 21.3. The molecule has 31 heavy (non-hydrogen) atoms. The van der Waals surface area contributed by atoms with Crippen LogP contribution in [0.15, 0.2) is 73.3 Å². The van der Waals surface area contributed by atoms with E-state index in [1.54, 1.807) is 12.4 Å². The number of aromatic nitrogens is 2. The number of ether oxygens (including phenoxy) is 1. The van der Waals surface area contributed by atoms with Gasteiger partial charge in [-0.15, -0.1) is 0 Å². The molecule has 1 unspecified atom stereocenters. The van der Waals surface area contributed by atoms with Gasteiger partial charge < -0.3 is 15.4 Å². The SMILES string of the molecule is CCCOc1ccc(C(NCCc2cccnc2)C(=O)NCCc2cccnc2)cc1. The molecule has 0 aliphatic carbocycles. The van der Waals surface area contributed by atoms with Crippen LogP contribution in [0.25, 0.3) is 0 Å². The third-order valence-corrected chi connectivity index (χ3v) is 4.87. The van der Waals surface area contributed by atoms with Crippen LogP contribution in [0.4, 0.5) is 0 Å². The molecule has 1 amide bonds. The number of benzene rings is 1. The second-order valence-electron chi connectivity index (χ2n) is 7.32. The molecule has 0 aliphatic heterocycles. The molecule has 3 rings (SSSR count). The van der Waals surface area contributed by atoms with Crippen molar-refractivity contribution in [2.75, 3.05) is 19.7 Å². The van der Waals surface area contributed by atoms with Gasteiger partial charge >= 0.3 is 0 Å². The summed E-state index contributed by atoms with van der Waals surface area (Å²) in [7, 11) is 0. The minimum Gasteiger partial charge on any atom is -0.494 e. The highest BCUT2D eigenvalue weighted by Gasteiger charge is 2.20. The molecule has 0 saturated carbocycles. The van der Waals surface area contributed by atoms with Gasteiger partial charge in [0.15, 0.2) is 0 Å². The number of amides is 1. The van der Waals surface area contributed by atoms with Crippen LogP contribution in [-0.4, -0.2) is 35.6 Å². The lowest BCUT2D eigenvalue weighted by Gasteiger charge is -2.19. The third kappa shape index (κ3) is 7.50. The van der Waals surface area contributed by atoms with E-state index in [9.17, 15) is 4.79 Å². The van der Waals surface area contributed by atoms with Crippen LogP contribution in [0, 0.1) is 0 Å². The fraction of sp³-hybridized carbons (Fsp3) is 0.320. The monoisotopic (exact) mass is 418 g/mol. The number of hydrogen-bond donors (Lipinski definition) is 2. The van der Waals surface area contributed by atoms with Gasteiger partial charge in [0, 0.05) is 37.9 Å². The first kappa shape index (κ1) is 22.4. The van der Waals surface area contributed by atoms with Crippen molar-refractivity contribution in [3.63, 3.8) is 0 Å². The topological polar surface area (TPSA) is 76.1 Å². The molecule has 3 aromatic rings. The zero-order valence-electron chi connectivity index (χ0n) is 18.0. The van der Waals surface area contributed by atoms with Gasteiger partial charge in [-0.05, 0) is 60.2 Å². The molecule has 162 valence electrons. The van der Waals surface area contributed by atoms with Crippen molar-refractivity contribution in [1.29, 1.82) is 0 Å². The Morgan fingerprint density at radius 3 is 2.16 bits per heavy atom. The first-order chi connectivity index (χ1) is 15.3. The number of rotatable bonds is 12. The van der Waals surface area contributed by atoms with E-state index < -0.39 is 6.04 Å². The number of carbonyl (C=O) groups excluding carboxylic acids is 1. The van der Waals surface area contributed by atoms with Crippen molar-refractivity contribution in [2.24, 2.45) is 0 Å². The van der Waals surface area contributed by atoms with Crippen molar-refractivity contribution in [1.82, 2.24) is 20.6 Å². The minimum absolute atomic E-state index is 0.0442. The van der Waals surface area contributed by atoms with E-state index in [4.69, 9.17) is 4.74 Å². The van der Waals surface area contributed by atoms with Crippen molar-refractivity contribution >= 4 is 5.91 Å². The molecule has 2 N–H and O–H groups in total. The predicted molar refractivity (Wildman–Crippen MR) is 122 cm³/mol. The lowest BCUT2D eigenvalue weighted by atomic mass is 10.0. The molecule has 0 radical (unpaired) electrons. The van der Waals surface area contributed by atoms with Crippen LogP contribution in [0.5, 0.6) is 5.75 Å². The summed E-state index contributed by atoms with van der Waals surface area (Å²) in [5.74, 6) is 0.772. The van der Waals surface area contributed by atoms with Crippen molar-refractivity contribution in [3.05, 3.63) is 90.0 Å². The van der Waals surface area contributed by atoms with Crippen LogP contribution < -0.4 is 15.4 Å². The van der Waals surface area contributed by atoms with Gasteiger partial charge in [0.1, 0.15) is 11.8 Å².